The van der Waals surface area contributed by atoms with Crippen LogP contribution < -0.4 is 5.73 Å². The van der Waals surface area contributed by atoms with E-state index >= 15 is 0 Å². The van der Waals surface area contributed by atoms with E-state index in [9.17, 15) is 10.2 Å². The van der Waals surface area contributed by atoms with Crippen molar-refractivity contribution in [1.29, 1.82) is 0 Å². The van der Waals surface area contributed by atoms with Gasteiger partial charge in [-0.2, -0.15) is 0 Å². The average Bonchev–Trinajstić information content (AvgIpc) is 2.30. The Hall–Kier alpha value is -0.120. The minimum atomic E-state index is -0.394. The maximum Gasteiger partial charge on any atom is 0.0660 e. The highest BCUT2D eigenvalue weighted by Gasteiger charge is 2.51. The lowest BCUT2D eigenvalue weighted by Crippen LogP contribution is -2.44. The molecule has 0 heterocycles. The quantitative estimate of drug-likeness (QED) is 0.635. The predicted octanol–water partition coefficient (Wildman–Crippen LogP) is 0.883. The van der Waals surface area contributed by atoms with Crippen molar-refractivity contribution in [2.75, 3.05) is 6.54 Å². The van der Waals surface area contributed by atoms with Crippen LogP contribution in [0, 0.1) is 10.8 Å². The molecule has 0 bridgehead atoms. The van der Waals surface area contributed by atoms with Gasteiger partial charge in [0.2, 0.25) is 0 Å². The maximum atomic E-state index is 10.2. The molecule has 3 unspecified atom stereocenters. The third-order valence-electron chi connectivity index (χ3n) is 3.70. The number of hydrogen-bond acceptors (Lipinski definition) is 3. The Balaban J connectivity index is 2.81. The van der Waals surface area contributed by atoms with Crippen molar-refractivity contribution in [3.8, 4) is 0 Å². The van der Waals surface area contributed by atoms with E-state index in [1.165, 1.54) is 0 Å². The summed E-state index contributed by atoms with van der Waals surface area (Å²) in [5.74, 6) is 0. The number of aliphatic hydroxyl groups excluding tert-OH is 2. The van der Waals surface area contributed by atoms with E-state index in [1.807, 2.05) is 0 Å². The zero-order valence-electron chi connectivity index (χ0n) is 9.45. The Kier molecular flexibility index (Phi) is 3.24. The van der Waals surface area contributed by atoms with Crippen LogP contribution in [-0.4, -0.2) is 29.0 Å². The van der Waals surface area contributed by atoms with Crippen LogP contribution in [-0.2, 0) is 0 Å². The Morgan fingerprint density at radius 2 is 2.00 bits per heavy atom. The molecule has 0 spiro atoms. The Morgan fingerprint density at radius 3 is 2.29 bits per heavy atom. The molecule has 0 amide bonds. The van der Waals surface area contributed by atoms with E-state index in [0.29, 0.717) is 13.0 Å². The molecule has 0 aliphatic heterocycles. The largest absolute Gasteiger partial charge is 0.393 e. The molecule has 1 aliphatic carbocycles. The molecule has 0 saturated heterocycles. The summed E-state index contributed by atoms with van der Waals surface area (Å²) in [5, 5.41) is 19.7. The third kappa shape index (κ3) is 1.95. The molecule has 14 heavy (non-hydrogen) atoms. The topological polar surface area (TPSA) is 66.5 Å². The van der Waals surface area contributed by atoms with Gasteiger partial charge < -0.3 is 15.9 Å². The summed E-state index contributed by atoms with van der Waals surface area (Å²) in [4.78, 5) is 0. The van der Waals surface area contributed by atoms with Gasteiger partial charge in [0.1, 0.15) is 0 Å². The van der Waals surface area contributed by atoms with Gasteiger partial charge in [-0.3, -0.25) is 0 Å². The highest BCUT2D eigenvalue weighted by atomic mass is 16.3. The van der Waals surface area contributed by atoms with Crippen LogP contribution in [0.15, 0.2) is 0 Å². The molecule has 84 valence electrons. The first kappa shape index (κ1) is 12.0. The first-order valence-corrected chi connectivity index (χ1v) is 5.40. The van der Waals surface area contributed by atoms with Crippen molar-refractivity contribution in [2.45, 2.75) is 52.2 Å². The van der Waals surface area contributed by atoms with Crippen LogP contribution in [0.1, 0.15) is 40.0 Å². The minimum Gasteiger partial charge on any atom is -0.393 e. The van der Waals surface area contributed by atoms with Crippen LogP contribution in [0.4, 0.5) is 0 Å². The molecule has 0 radical (unpaired) electrons. The molecule has 0 aromatic heterocycles. The molecular formula is C11H23NO2. The van der Waals surface area contributed by atoms with Crippen molar-refractivity contribution in [1.82, 2.24) is 0 Å². The molecular weight excluding hydrogens is 178 g/mol. The zero-order chi connectivity index (χ0) is 11.0. The molecule has 3 atom stereocenters. The van der Waals surface area contributed by atoms with E-state index in [2.05, 4.69) is 13.8 Å². The molecule has 1 rings (SSSR count). The fourth-order valence-corrected chi connectivity index (χ4v) is 2.77. The van der Waals surface area contributed by atoms with Crippen LogP contribution >= 0.6 is 0 Å². The summed E-state index contributed by atoms with van der Waals surface area (Å²) < 4.78 is 0. The van der Waals surface area contributed by atoms with Crippen molar-refractivity contribution >= 4 is 0 Å². The van der Waals surface area contributed by atoms with Gasteiger partial charge in [0.05, 0.1) is 12.2 Å². The van der Waals surface area contributed by atoms with Crippen molar-refractivity contribution < 1.29 is 10.2 Å². The molecule has 1 saturated carbocycles. The Labute approximate surface area is 86.3 Å². The molecule has 3 nitrogen and oxygen atoms in total. The summed E-state index contributed by atoms with van der Waals surface area (Å²) >= 11 is 0. The second-order valence-electron chi connectivity index (χ2n) is 5.51. The Morgan fingerprint density at radius 1 is 1.43 bits per heavy atom. The predicted molar refractivity (Wildman–Crippen MR) is 56.8 cm³/mol. The summed E-state index contributed by atoms with van der Waals surface area (Å²) in [5.41, 5.74) is 5.43. The lowest BCUT2D eigenvalue weighted by atomic mass is 9.75. The van der Waals surface area contributed by atoms with Gasteiger partial charge in [-0.1, -0.05) is 13.8 Å². The molecule has 1 fully saturated rings. The first-order chi connectivity index (χ1) is 6.34. The van der Waals surface area contributed by atoms with Gasteiger partial charge in [-0.05, 0) is 31.6 Å². The highest BCUT2D eigenvalue weighted by molar-refractivity contribution is 5.02. The van der Waals surface area contributed by atoms with Gasteiger partial charge in [-0.25, -0.2) is 0 Å². The smallest absolute Gasteiger partial charge is 0.0660 e. The summed E-state index contributed by atoms with van der Waals surface area (Å²) in [6, 6.07) is 0. The highest BCUT2D eigenvalue weighted by Crippen LogP contribution is 2.51. The van der Waals surface area contributed by atoms with Crippen molar-refractivity contribution in [3.05, 3.63) is 0 Å². The van der Waals surface area contributed by atoms with Crippen molar-refractivity contribution in [3.63, 3.8) is 0 Å². The van der Waals surface area contributed by atoms with Crippen LogP contribution in [0.5, 0.6) is 0 Å². The number of aliphatic hydroxyl groups is 2. The average molecular weight is 201 g/mol. The van der Waals surface area contributed by atoms with Gasteiger partial charge in [-0.15, -0.1) is 0 Å². The standard InChI is InChI=1S/C11H23NO2/c1-8(13)6-11(7-12)5-4-10(2,3)9(11)14/h8-9,13-14H,4-7,12H2,1-3H3. The van der Waals surface area contributed by atoms with Gasteiger partial charge in [0, 0.05) is 12.0 Å². The SMILES string of the molecule is CC(O)CC1(CN)CCC(C)(C)C1O. The summed E-state index contributed by atoms with van der Waals surface area (Å²) in [7, 11) is 0. The summed E-state index contributed by atoms with van der Waals surface area (Å²) in [6.45, 7) is 6.35. The van der Waals surface area contributed by atoms with Gasteiger partial charge in [0.15, 0.2) is 0 Å². The first-order valence-electron chi connectivity index (χ1n) is 5.40. The molecule has 0 aromatic rings. The second-order valence-corrected chi connectivity index (χ2v) is 5.51. The lowest BCUT2D eigenvalue weighted by molar-refractivity contribution is -0.0276. The van der Waals surface area contributed by atoms with Crippen LogP contribution in [0.25, 0.3) is 0 Å². The molecule has 3 heteroatoms. The van der Waals surface area contributed by atoms with Crippen molar-refractivity contribution in [2.24, 2.45) is 16.6 Å². The van der Waals surface area contributed by atoms with Gasteiger partial charge >= 0.3 is 0 Å². The minimum absolute atomic E-state index is 0.0612. The number of hydrogen-bond donors (Lipinski definition) is 3. The van der Waals surface area contributed by atoms with E-state index in [0.717, 1.165) is 12.8 Å². The summed E-state index contributed by atoms with van der Waals surface area (Å²) in [6.07, 6.45) is 1.73. The van der Waals surface area contributed by atoms with E-state index in [1.54, 1.807) is 6.92 Å². The second kappa shape index (κ2) is 3.80. The number of rotatable bonds is 3. The van der Waals surface area contributed by atoms with E-state index in [-0.39, 0.29) is 16.9 Å². The monoisotopic (exact) mass is 201 g/mol. The normalized spacial score (nSPS) is 38.6. The lowest BCUT2D eigenvalue weighted by Gasteiger charge is -2.36. The van der Waals surface area contributed by atoms with E-state index in [4.69, 9.17) is 5.73 Å². The van der Waals surface area contributed by atoms with Crippen LogP contribution in [0.2, 0.25) is 0 Å². The maximum absolute atomic E-state index is 10.2. The number of nitrogens with two attached hydrogens (primary N) is 1. The third-order valence-corrected chi connectivity index (χ3v) is 3.70. The molecule has 0 aromatic carbocycles. The molecule has 1 aliphatic rings. The van der Waals surface area contributed by atoms with Crippen LogP contribution in [0.3, 0.4) is 0 Å². The van der Waals surface area contributed by atoms with Gasteiger partial charge in [0.25, 0.3) is 0 Å². The zero-order valence-corrected chi connectivity index (χ0v) is 9.45. The van der Waals surface area contributed by atoms with E-state index < -0.39 is 6.10 Å². The molecule has 4 N–H and O–H groups in total. The fourth-order valence-electron chi connectivity index (χ4n) is 2.77. The fraction of sp³-hybridized carbons (Fsp3) is 1.00. The Bertz CT molecular complexity index is 203.